The number of hydrogen-bond acceptors (Lipinski definition) is 5. The first-order valence-electron chi connectivity index (χ1n) is 9.48. The SMILES string of the molecule is CCn1c(SCC(O)COc2cc(C)cc(C)c2)nnc1-c1cccc(C)c1. The van der Waals surface area contributed by atoms with Gasteiger partial charge in [-0.05, 0) is 57.0 Å². The van der Waals surface area contributed by atoms with E-state index in [2.05, 4.69) is 46.8 Å². The van der Waals surface area contributed by atoms with E-state index in [1.54, 1.807) is 0 Å². The van der Waals surface area contributed by atoms with Crippen molar-refractivity contribution in [3.05, 3.63) is 59.2 Å². The number of aliphatic hydroxyl groups excluding tert-OH is 1. The van der Waals surface area contributed by atoms with E-state index in [1.807, 2.05) is 38.1 Å². The largest absolute Gasteiger partial charge is 0.491 e. The van der Waals surface area contributed by atoms with Crippen LogP contribution in [-0.4, -0.2) is 38.3 Å². The summed E-state index contributed by atoms with van der Waals surface area (Å²) < 4.78 is 7.84. The van der Waals surface area contributed by atoms with Crippen molar-refractivity contribution in [3.8, 4) is 17.1 Å². The number of aliphatic hydroxyl groups is 1. The average Bonchev–Trinajstić information content (AvgIpc) is 3.07. The topological polar surface area (TPSA) is 60.2 Å². The van der Waals surface area contributed by atoms with Crippen LogP contribution in [0.3, 0.4) is 0 Å². The van der Waals surface area contributed by atoms with Gasteiger partial charge in [-0.3, -0.25) is 0 Å². The maximum absolute atomic E-state index is 10.3. The third-order valence-electron chi connectivity index (χ3n) is 4.35. The average molecular weight is 398 g/mol. The van der Waals surface area contributed by atoms with Gasteiger partial charge in [0.05, 0.1) is 6.10 Å². The molecule has 148 valence electrons. The fraction of sp³-hybridized carbons (Fsp3) is 0.364. The molecule has 6 heteroatoms. The molecule has 0 aliphatic rings. The Morgan fingerprint density at radius 3 is 2.46 bits per heavy atom. The van der Waals surface area contributed by atoms with E-state index in [1.165, 1.54) is 17.3 Å². The van der Waals surface area contributed by atoms with Crippen molar-refractivity contribution < 1.29 is 9.84 Å². The summed E-state index contributed by atoms with van der Waals surface area (Å²) in [6.07, 6.45) is -0.588. The lowest BCUT2D eigenvalue weighted by Crippen LogP contribution is -2.20. The van der Waals surface area contributed by atoms with Crippen molar-refractivity contribution in [1.82, 2.24) is 14.8 Å². The van der Waals surface area contributed by atoms with Gasteiger partial charge in [0.1, 0.15) is 12.4 Å². The third-order valence-corrected chi connectivity index (χ3v) is 5.46. The van der Waals surface area contributed by atoms with Crippen molar-refractivity contribution in [3.63, 3.8) is 0 Å². The minimum atomic E-state index is -0.588. The molecule has 2 aromatic carbocycles. The molecule has 1 heterocycles. The normalized spacial score (nSPS) is 12.2. The molecule has 0 saturated heterocycles. The van der Waals surface area contributed by atoms with Crippen LogP contribution in [-0.2, 0) is 6.54 Å². The molecular formula is C22H27N3O2S. The zero-order valence-corrected chi connectivity index (χ0v) is 17.7. The molecule has 1 aromatic heterocycles. The van der Waals surface area contributed by atoms with E-state index >= 15 is 0 Å². The highest BCUT2D eigenvalue weighted by Crippen LogP contribution is 2.25. The Labute approximate surface area is 170 Å². The molecule has 0 spiro atoms. The number of rotatable bonds is 8. The summed E-state index contributed by atoms with van der Waals surface area (Å²) in [5.41, 5.74) is 4.55. The molecule has 0 bridgehead atoms. The highest BCUT2D eigenvalue weighted by Gasteiger charge is 2.15. The predicted molar refractivity (Wildman–Crippen MR) is 114 cm³/mol. The molecule has 0 saturated carbocycles. The Bertz CT molecular complexity index is 919. The lowest BCUT2D eigenvalue weighted by atomic mass is 10.1. The van der Waals surface area contributed by atoms with E-state index < -0.39 is 6.10 Å². The van der Waals surface area contributed by atoms with Crippen molar-refractivity contribution in [1.29, 1.82) is 0 Å². The summed E-state index contributed by atoms with van der Waals surface area (Å²) in [5, 5.41) is 19.8. The quantitative estimate of drug-likeness (QED) is 0.570. The second-order valence-corrected chi connectivity index (χ2v) is 8.01. The zero-order valence-electron chi connectivity index (χ0n) is 16.8. The number of nitrogens with zero attached hydrogens (tertiary/aromatic N) is 3. The fourth-order valence-electron chi connectivity index (χ4n) is 3.11. The molecule has 5 nitrogen and oxygen atoms in total. The lowest BCUT2D eigenvalue weighted by molar-refractivity contribution is 0.126. The van der Waals surface area contributed by atoms with Crippen LogP contribution in [0.5, 0.6) is 5.75 Å². The molecule has 1 atom stereocenters. The first-order valence-corrected chi connectivity index (χ1v) is 10.5. The highest BCUT2D eigenvalue weighted by molar-refractivity contribution is 7.99. The molecular weight excluding hydrogens is 370 g/mol. The van der Waals surface area contributed by atoms with Gasteiger partial charge in [-0.2, -0.15) is 0 Å². The van der Waals surface area contributed by atoms with Gasteiger partial charge in [-0.25, -0.2) is 0 Å². The van der Waals surface area contributed by atoms with Gasteiger partial charge < -0.3 is 14.4 Å². The number of aryl methyl sites for hydroxylation is 3. The second-order valence-electron chi connectivity index (χ2n) is 7.02. The summed E-state index contributed by atoms with van der Waals surface area (Å²) in [7, 11) is 0. The van der Waals surface area contributed by atoms with Gasteiger partial charge in [0.15, 0.2) is 11.0 Å². The Kier molecular flexibility index (Phi) is 6.75. The van der Waals surface area contributed by atoms with E-state index in [0.29, 0.717) is 5.75 Å². The van der Waals surface area contributed by atoms with Gasteiger partial charge in [-0.1, -0.05) is 41.6 Å². The molecule has 28 heavy (non-hydrogen) atoms. The minimum Gasteiger partial charge on any atom is -0.491 e. The number of thioether (sulfide) groups is 1. The molecule has 3 aromatic rings. The van der Waals surface area contributed by atoms with Crippen LogP contribution >= 0.6 is 11.8 Å². The summed E-state index contributed by atoms with van der Waals surface area (Å²) in [5.74, 6) is 2.14. The molecule has 1 N–H and O–H groups in total. The van der Waals surface area contributed by atoms with Crippen molar-refractivity contribution in [2.45, 2.75) is 45.5 Å². The lowest BCUT2D eigenvalue weighted by Gasteiger charge is -2.13. The molecule has 0 fully saturated rings. The number of benzene rings is 2. The summed E-state index contributed by atoms with van der Waals surface area (Å²) in [4.78, 5) is 0. The van der Waals surface area contributed by atoms with Gasteiger partial charge >= 0.3 is 0 Å². The maximum atomic E-state index is 10.3. The molecule has 0 amide bonds. The maximum Gasteiger partial charge on any atom is 0.191 e. The van der Waals surface area contributed by atoms with Crippen LogP contribution in [0.15, 0.2) is 47.6 Å². The molecule has 0 aliphatic heterocycles. The van der Waals surface area contributed by atoms with Crippen molar-refractivity contribution in [2.75, 3.05) is 12.4 Å². The third kappa shape index (κ3) is 5.14. The van der Waals surface area contributed by atoms with Crippen LogP contribution in [0, 0.1) is 20.8 Å². The van der Waals surface area contributed by atoms with Crippen LogP contribution in [0.2, 0.25) is 0 Å². The predicted octanol–water partition coefficient (Wildman–Crippen LogP) is 4.42. The second kappa shape index (κ2) is 9.26. The number of hydrogen-bond donors (Lipinski definition) is 1. The van der Waals surface area contributed by atoms with Crippen LogP contribution in [0.1, 0.15) is 23.6 Å². The molecule has 0 radical (unpaired) electrons. The minimum absolute atomic E-state index is 0.251. The molecule has 3 rings (SSSR count). The Morgan fingerprint density at radius 1 is 1.04 bits per heavy atom. The van der Waals surface area contributed by atoms with Crippen LogP contribution in [0.25, 0.3) is 11.4 Å². The monoisotopic (exact) mass is 397 g/mol. The summed E-state index contributed by atoms with van der Waals surface area (Å²) >= 11 is 1.50. The van der Waals surface area contributed by atoms with Crippen molar-refractivity contribution in [2.24, 2.45) is 0 Å². The van der Waals surface area contributed by atoms with Gasteiger partial charge in [0, 0.05) is 17.9 Å². The first kappa shape index (κ1) is 20.4. The standard InChI is InChI=1S/C22H27N3O2S/c1-5-25-21(18-8-6-7-15(2)10-18)23-24-22(25)28-14-19(26)13-27-20-11-16(3)9-17(4)12-20/h6-12,19,26H,5,13-14H2,1-4H3. The summed E-state index contributed by atoms with van der Waals surface area (Å²) in [6.45, 7) is 9.24. The Morgan fingerprint density at radius 2 is 1.79 bits per heavy atom. The van der Waals surface area contributed by atoms with Gasteiger partial charge in [0.2, 0.25) is 0 Å². The highest BCUT2D eigenvalue weighted by atomic mass is 32.2. The first-order chi connectivity index (χ1) is 13.5. The van der Waals surface area contributed by atoms with Gasteiger partial charge in [0.25, 0.3) is 0 Å². The smallest absolute Gasteiger partial charge is 0.191 e. The number of aromatic nitrogens is 3. The zero-order chi connectivity index (χ0) is 20.1. The van der Waals surface area contributed by atoms with Crippen LogP contribution < -0.4 is 4.74 Å². The molecule has 1 unspecified atom stereocenters. The van der Waals surface area contributed by atoms with Crippen molar-refractivity contribution >= 4 is 11.8 Å². The Hall–Kier alpha value is -2.31. The van der Waals surface area contributed by atoms with Crippen LogP contribution in [0.4, 0.5) is 0 Å². The Balaban J connectivity index is 1.61. The van der Waals surface area contributed by atoms with Gasteiger partial charge in [-0.15, -0.1) is 10.2 Å². The molecule has 0 aliphatic carbocycles. The summed E-state index contributed by atoms with van der Waals surface area (Å²) in [6, 6.07) is 14.3. The van der Waals surface area contributed by atoms with E-state index in [-0.39, 0.29) is 6.61 Å². The van der Waals surface area contributed by atoms with E-state index in [4.69, 9.17) is 4.74 Å². The van der Waals surface area contributed by atoms with E-state index in [0.717, 1.165) is 40.0 Å². The van der Waals surface area contributed by atoms with E-state index in [9.17, 15) is 5.11 Å². The number of ether oxygens (including phenoxy) is 1. The fourth-order valence-corrected chi connectivity index (χ4v) is 4.01.